The Kier molecular flexibility index (Phi) is 4.67. The van der Waals surface area contributed by atoms with Gasteiger partial charge in [0.05, 0.1) is 0 Å². The molecule has 1 aromatic carbocycles. The highest BCUT2D eigenvalue weighted by atomic mass is 16.2. The molecule has 6 nitrogen and oxygen atoms in total. The second-order valence-electron chi connectivity index (χ2n) is 6.90. The molecule has 0 atom stereocenters. The molecular formula is C20H23N5O. The molecule has 1 saturated heterocycles. The van der Waals surface area contributed by atoms with Crippen molar-refractivity contribution in [3.63, 3.8) is 0 Å². The fourth-order valence-corrected chi connectivity index (χ4v) is 3.36. The quantitative estimate of drug-likeness (QED) is 0.717. The predicted molar refractivity (Wildman–Crippen MR) is 100 cm³/mol. The monoisotopic (exact) mass is 349 g/mol. The van der Waals surface area contributed by atoms with E-state index in [1.165, 1.54) is 11.1 Å². The first-order valence-corrected chi connectivity index (χ1v) is 9.05. The first kappa shape index (κ1) is 16.7. The third kappa shape index (κ3) is 3.60. The molecule has 4 rings (SSSR count). The fourth-order valence-electron chi connectivity index (χ4n) is 3.36. The lowest BCUT2D eigenvalue weighted by Crippen LogP contribution is -2.23. The number of rotatable bonds is 6. The van der Waals surface area contributed by atoms with Crippen LogP contribution >= 0.6 is 0 Å². The van der Waals surface area contributed by atoms with Crippen LogP contribution in [0, 0.1) is 6.92 Å². The minimum atomic E-state index is 0.272. The summed E-state index contributed by atoms with van der Waals surface area (Å²) in [4.78, 5) is 18.0. The molecule has 26 heavy (non-hydrogen) atoms. The molecule has 0 saturated carbocycles. The lowest BCUT2D eigenvalue weighted by Gasteiger charge is -2.15. The van der Waals surface area contributed by atoms with Gasteiger partial charge in [0.2, 0.25) is 5.91 Å². The van der Waals surface area contributed by atoms with Crippen molar-refractivity contribution in [3.8, 4) is 0 Å². The van der Waals surface area contributed by atoms with Gasteiger partial charge >= 0.3 is 0 Å². The number of pyridine rings is 1. The van der Waals surface area contributed by atoms with Gasteiger partial charge in [0.15, 0.2) is 5.65 Å². The predicted octanol–water partition coefficient (Wildman–Crippen LogP) is 2.68. The highest BCUT2D eigenvalue weighted by Gasteiger charge is 2.19. The van der Waals surface area contributed by atoms with Crippen molar-refractivity contribution in [2.24, 2.45) is 0 Å². The summed E-state index contributed by atoms with van der Waals surface area (Å²) in [7, 11) is 0. The fraction of sp³-hybridized carbons (Fsp3) is 0.350. The van der Waals surface area contributed by atoms with E-state index in [2.05, 4.69) is 50.8 Å². The van der Waals surface area contributed by atoms with E-state index in [1.807, 2.05) is 18.0 Å². The van der Waals surface area contributed by atoms with Crippen LogP contribution < -0.4 is 5.32 Å². The number of aromatic amines is 1. The van der Waals surface area contributed by atoms with Gasteiger partial charge in [0.1, 0.15) is 0 Å². The van der Waals surface area contributed by atoms with Crippen molar-refractivity contribution >= 4 is 16.9 Å². The van der Waals surface area contributed by atoms with Gasteiger partial charge in [0.25, 0.3) is 0 Å². The SMILES string of the molecule is Cc1[nH]nc2ncc(CNCc3ccc(CN4CCCC4=O)cc3)cc12. The molecule has 3 heterocycles. The van der Waals surface area contributed by atoms with Crippen molar-refractivity contribution in [1.82, 2.24) is 25.4 Å². The molecular weight excluding hydrogens is 326 g/mol. The molecule has 0 spiro atoms. The smallest absolute Gasteiger partial charge is 0.222 e. The zero-order chi connectivity index (χ0) is 17.9. The first-order valence-electron chi connectivity index (χ1n) is 9.05. The van der Waals surface area contributed by atoms with Crippen LogP contribution in [0.5, 0.6) is 0 Å². The second kappa shape index (κ2) is 7.25. The molecule has 0 bridgehead atoms. The Morgan fingerprint density at radius 3 is 2.69 bits per heavy atom. The van der Waals surface area contributed by atoms with E-state index >= 15 is 0 Å². The van der Waals surface area contributed by atoms with E-state index in [9.17, 15) is 4.79 Å². The maximum atomic E-state index is 11.7. The number of carbonyl (C=O) groups is 1. The van der Waals surface area contributed by atoms with Crippen LogP contribution in [-0.2, 0) is 24.4 Å². The lowest BCUT2D eigenvalue weighted by atomic mass is 10.1. The number of aromatic nitrogens is 3. The van der Waals surface area contributed by atoms with Crippen molar-refractivity contribution in [1.29, 1.82) is 0 Å². The number of benzene rings is 1. The van der Waals surface area contributed by atoms with Gasteiger partial charge in [-0.25, -0.2) is 4.98 Å². The number of likely N-dealkylation sites (tertiary alicyclic amines) is 1. The number of nitrogens with one attached hydrogen (secondary N) is 2. The molecule has 2 aromatic heterocycles. The van der Waals surface area contributed by atoms with E-state index < -0.39 is 0 Å². The van der Waals surface area contributed by atoms with Crippen molar-refractivity contribution < 1.29 is 4.79 Å². The Morgan fingerprint density at radius 2 is 1.92 bits per heavy atom. The van der Waals surface area contributed by atoms with E-state index in [4.69, 9.17) is 0 Å². The molecule has 1 aliphatic rings. The molecule has 1 fully saturated rings. The summed E-state index contributed by atoms with van der Waals surface area (Å²) >= 11 is 0. The molecule has 2 N–H and O–H groups in total. The number of amides is 1. The van der Waals surface area contributed by atoms with Crippen LogP contribution in [0.15, 0.2) is 36.5 Å². The Bertz CT molecular complexity index is 916. The topological polar surface area (TPSA) is 73.9 Å². The largest absolute Gasteiger partial charge is 0.338 e. The maximum Gasteiger partial charge on any atom is 0.222 e. The summed E-state index contributed by atoms with van der Waals surface area (Å²) in [5.41, 5.74) is 5.37. The Morgan fingerprint density at radius 1 is 1.15 bits per heavy atom. The van der Waals surface area contributed by atoms with Gasteiger partial charge in [-0.2, -0.15) is 5.10 Å². The van der Waals surface area contributed by atoms with Crippen molar-refractivity contribution in [2.75, 3.05) is 6.54 Å². The number of aryl methyl sites for hydroxylation is 1. The van der Waals surface area contributed by atoms with Crippen LogP contribution in [0.3, 0.4) is 0 Å². The normalized spacial score (nSPS) is 14.5. The lowest BCUT2D eigenvalue weighted by molar-refractivity contribution is -0.128. The van der Waals surface area contributed by atoms with E-state index in [-0.39, 0.29) is 5.91 Å². The van der Waals surface area contributed by atoms with E-state index in [1.54, 1.807) is 0 Å². The number of nitrogens with zero attached hydrogens (tertiary/aromatic N) is 3. The van der Waals surface area contributed by atoms with Crippen molar-refractivity contribution in [3.05, 3.63) is 58.9 Å². The van der Waals surface area contributed by atoms with Gasteiger partial charge in [-0.1, -0.05) is 24.3 Å². The van der Waals surface area contributed by atoms with Crippen LogP contribution in [0.4, 0.5) is 0 Å². The van der Waals surface area contributed by atoms with Gasteiger partial charge < -0.3 is 10.2 Å². The minimum Gasteiger partial charge on any atom is -0.338 e. The van der Waals surface area contributed by atoms with E-state index in [0.717, 1.165) is 54.9 Å². The van der Waals surface area contributed by atoms with E-state index in [0.29, 0.717) is 6.42 Å². The Balaban J connectivity index is 1.31. The summed E-state index contributed by atoms with van der Waals surface area (Å²) in [5.74, 6) is 0.272. The molecule has 6 heteroatoms. The van der Waals surface area contributed by atoms with Crippen LogP contribution in [0.1, 0.15) is 35.2 Å². The summed E-state index contributed by atoms with van der Waals surface area (Å²) in [6, 6.07) is 10.6. The Labute approximate surface area is 152 Å². The zero-order valence-corrected chi connectivity index (χ0v) is 15.0. The first-order chi connectivity index (χ1) is 12.7. The molecule has 3 aromatic rings. The van der Waals surface area contributed by atoms with Crippen LogP contribution in [-0.4, -0.2) is 32.5 Å². The van der Waals surface area contributed by atoms with Gasteiger partial charge in [-0.3, -0.25) is 9.89 Å². The highest BCUT2D eigenvalue weighted by Crippen LogP contribution is 2.16. The molecule has 0 aliphatic carbocycles. The number of carbonyl (C=O) groups excluding carboxylic acids is 1. The number of hydrogen-bond acceptors (Lipinski definition) is 4. The van der Waals surface area contributed by atoms with Gasteiger partial charge in [-0.15, -0.1) is 0 Å². The van der Waals surface area contributed by atoms with Crippen LogP contribution in [0.25, 0.3) is 11.0 Å². The average Bonchev–Trinajstić information content (AvgIpc) is 3.23. The standard InChI is InChI=1S/C20H23N5O/c1-14-18-9-17(12-22-20(18)24-23-14)11-21-10-15-4-6-16(7-5-15)13-25-8-2-3-19(25)26/h4-7,9,12,21H,2-3,8,10-11,13H2,1H3,(H,22,23,24). The number of H-pyrrole nitrogens is 1. The van der Waals surface area contributed by atoms with Gasteiger partial charge in [0, 0.05) is 49.9 Å². The summed E-state index contributed by atoms with van der Waals surface area (Å²) in [5, 5.41) is 11.7. The second-order valence-corrected chi connectivity index (χ2v) is 6.90. The minimum absolute atomic E-state index is 0.272. The molecule has 0 radical (unpaired) electrons. The third-order valence-electron chi connectivity index (χ3n) is 4.88. The molecule has 1 amide bonds. The number of fused-ring (bicyclic) bond motifs is 1. The van der Waals surface area contributed by atoms with Crippen LogP contribution in [0.2, 0.25) is 0 Å². The zero-order valence-electron chi connectivity index (χ0n) is 15.0. The molecule has 134 valence electrons. The summed E-state index contributed by atoms with van der Waals surface area (Å²) < 4.78 is 0. The summed E-state index contributed by atoms with van der Waals surface area (Å²) in [6.45, 7) is 5.17. The van der Waals surface area contributed by atoms with Crippen molar-refractivity contribution in [2.45, 2.75) is 39.4 Å². The average molecular weight is 349 g/mol. The molecule has 1 aliphatic heterocycles. The summed E-state index contributed by atoms with van der Waals surface area (Å²) in [6.07, 6.45) is 3.55. The Hall–Kier alpha value is -2.73. The third-order valence-corrected chi connectivity index (χ3v) is 4.88. The van der Waals surface area contributed by atoms with Gasteiger partial charge in [-0.05, 0) is 36.1 Å². The maximum absolute atomic E-state index is 11.7. The number of hydrogen-bond donors (Lipinski definition) is 2. The highest BCUT2D eigenvalue weighted by molar-refractivity contribution is 5.78. The molecule has 0 unspecified atom stereocenters.